The molecule has 0 aliphatic carbocycles. The lowest BCUT2D eigenvalue weighted by Gasteiger charge is -2.36. The Bertz CT molecular complexity index is 1340. The van der Waals surface area contributed by atoms with Crippen LogP contribution in [0.2, 0.25) is 5.15 Å². The molecule has 0 bridgehead atoms. The quantitative estimate of drug-likeness (QED) is 0.391. The summed E-state index contributed by atoms with van der Waals surface area (Å²) in [6.45, 7) is 6.63. The van der Waals surface area contributed by atoms with Crippen LogP contribution >= 0.6 is 11.6 Å². The number of hydrogen-bond acceptors (Lipinski definition) is 4. The molecule has 1 aromatic heterocycles. The number of hydrogen-bond donors (Lipinski definition) is 1. The Kier molecular flexibility index (Phi) is 5.72. The average molecular weight is 464 g/mol. The molecule has 3 aromatic carbocycles. The molecular weight excluding hydrogens is 438 g/mol. The van der Waals surface area contributed by atoms with Crippen LogP contribution in [0, 0.1) is 5.92 Å². The zero-order valence-electron chi connectivity index (χ0n) is 18.7. The van der Waals surface area contributed by atoms with Gasteiger partial charge in [-0.2, -0.15) is 5.10 Å². The fourth-order valence-corrected chi connectivity index (χ4v) is 4.61. The van der Waals surface area contributed by atoms with Gasteiger partial charge in [0.05, 0.1) is 11.4 Å². The predicted molar refractivity (Wildman–Crippen MR) is 130 cm³/mol. The topological polar surface area (TPSA) is 67.6 Å². The third-order valence-corrected chi connectivity index (χ3v) is 6.49. The van der Waals surface area contributed by atoms with Gasteiger partial charge in [-0.05, 0) is 66.1 Å². The SMILES string of the molecule is CC(C)n1nc(Cl)c2cc(COc3ccc4cc(CN5CC(C(=O)O)C5)ccc4c3)ccc21. The van der Waals surface area contributed by atoms with E-state index < -0.39 is 5.97 Å². The standard InChI is InChI=1S/C26H26ClN3O3/c1-16(2)30-24-8-4-18(10-23(24)25(27)28-30)15-33-22-7-6-19-9-17(3-5-20(19)11-22)12-29-13-21(14-29)26(31)32/h3-11,16,21H,12-15H2,1-2H3,(H,31,32). The molecule has 33 heavy (non-hydrogen) atoms. The first kappa shape index (κ1) is 21.7. The average Bonchev–Trinajstić information content (AvgIpc) is 3.10. The number of ether oxygens (including phenoxy) is 1. The van der Waals surface area contributed by atoms with E-state index in [1.165, 1.54) is 5.56 Å². The third kappa shape index (κ3) is 4.41. The summed E-state index contributed by atoms with van der Waals surface area (Å²) >= 11 is 6.35. The van der Waals surface area contributed by atoms with Crippen LogP contribution in [0.25, 0.3) is 21.7 Å². The van der Waals surface area contributed by atoms with Crippen molar-refractivity contribution in [3.63, 3.8) is 0 Å². The lowest BCUT2D eigenvalue weighted by atomic mass is 9.99. The van der Waals surface area contributed by atoms with E-state index in [1.54, 1.807) is 0 Å². The summed E-state index contributed by atoms with van der Waals surface area (Å²) in [5.41, 5.74) is 3.25. The second kappa shape index (κ2) is 8.69. The minimum Gasteiger partial charge on any atom is -0.489 e. The van der Waals surface area contributed by atoms with Crippen molar-refractivity contribution in [1.82, 2.24) is 14.7 Å². The second-order valence-electron chi connectivity index (χ2n) is 9.04. The van der Waals surface area contributed by atoms with Crippen LogP contribution in [0.15, 0.2) is 54.6 Å². The van der Waals surface area contributed by atoms with Gasteiger partial charge in [0.15, 0.2) is 5.15 Å². The molecule has 0 atom stereocenters. The zero-order chi connectivity index (χ0) is 23.1. The molecule has 0 spiro atoms. The Labute approximate surface area is 197 Å². The number of likely N-dealkylation sites (tertiary alicyclic amines) is 1. The van der Waals surface area contributed by atoms with Gasteiger partial charge in [-0.15, -0.1) is 0 Å². The molecule has 1 aliphatic rings. The summed E-state index contributed by atoms with van der Waals surface area (Å²) in [5.74, 6) is -0.120. The van der Waals surface area contributed by atoms with Crippen LogP contribution in [0.4, 0.5) is 0 Å². The van der Waals surface area contributed by atoms with Crippen LogP contribution in [0.5, 0.6) is 5.75 Å². The molecule has 170 valence electrons. The Morgan fingerprint density at radius 1 is 1.09 bits per heavy atom. The van der Waals surface area contributed by atoms with E-state index in [-0.39, 0.29) is 12.0 Å². The van der Waals surface area contributed by atoms with Crippen molar-refractivity contribution in [2.75, 3.05) is 13.1 Å². The second-order valence-corrected chi connectivity index (χ2v) is 9.40. The van der Waals surface area contributed by atoms with Crippen molar-refractivity contribution in [2.24, 2.45) is 5.92 Å². The molecule has 2 heterocycles. The Hall–Kier alpha value is -3.09. The minimum atomic E-state index is -0.703. The maximum atomic E-state index is 11.0. The summed E-state index contributed by atoms with van der Waals surface area (Å²) in [6, 6.07) is 18.8. The number of carboxylic acid groups (broad SMARTS) is 1. The van der Waals surface area contributed by atoms with Gasteiger partial charge < -0.3 is 9.84 Å². The fourth-order valence-electron chi connectivity index (χ4n) is 4.38. The van der Waals surface area contributed by atoms with Crippen LogP contribution < -0.4 is 4.74 Å². The molecule has 6 nitrogen and oxygen atoms in total. The lowest BCUT2D eigenvalue weighted by molar-refractivity contribution is -0.147. The minimum absolute atomic E-state index is 0.228. The maximum absolute atomic E-state index is 11.0. The lowest BCUT2D eigenvalue weighted by Crippen LogP contribution is -2.49. The van der Waals surface area contributed by atoms with E-state index >= 15 is 0 Å². The van der Waals surface area contributed by atoms with E-state index in [2.05, 4.69) is 54.2 Å². The smallest absolute Gasteiger partial charge is 0.309 e. The summed E-state index contributed by atoms with van der Waals surface area (Å²) in [6.07, 6.45) is 0. The molecule has 0 saturated carbocycles. The zero-order valence-corrected chi connectivity index (χ0v) is 19.4. The molecule has 4 aromatic rings. The highest BCUT2D eigenvalue weighted by atomic mass is 35.5. The van der Waals surface area contributed by atoms with Crippen LogP contribution in [-0.4, -0.2) is 38.8 Å². The predicted octanol–water partition coefficient (Wildman–Crippen LogP) is 5.52. The molecule has 0 unspecified atom stereocenters. The van der Waals surface area contributed by atoms with Crippen molar-refractivity contribution in [1.29, 1.82) is 0 Å². The maximum Gasteiger partial charge on any atom is 0.309 e. The molecule has 7 heteroatoms. The van der Waals surface area contributed by atoms with Crippen molar-refractivity contribution < 1.29 is 14.6 Å². The van der Waals surface area contributed by atoms with Gasteiger partial charge in [0, 0.05) is 31.1 Å². The Balaban J connectivity index is 1.26. The Morgan fingerprint density at radius 2 is 1.82 bits per heavy atom. The van der Waals surface area contributed by atoms with Crippen LogP contribution in [-0.2, 0) is 17.9 Å². The van der Waals surface area contributed by atoms with E-state index in [1.807, 2.05) is 28.9 Å². The number of benzene rings is 3. The molecule has 1 N–H and O–H groups in total. The monoisotopic (exact) mass is 463 g/mol. The number of aromatic nitrogens is 2. The van der Waals surface area contributed by atoms with Gasteiger partial charge in [-0.1, -0.05) is 35.9 Å². The first-order valence-electron chi connectivity index (χ1n) is 11.1. The highest BCUT2D eigenvalue weighted by Crippen LogP contribution is 2.28. The number of aliphatic carboxylic acids is 1. The van der Waals surface area contributed by atoms with E-state index in [4.69, 9.17) is 21.4 Å². The van der Waals surface area contributed by atoms with Crippen molar-refractivity contribution in [2.45, 2.75) is 33.0 Å². The molecule has 1 fully saturated rings. The number of nitrogens with zero attached hydrogens (tertiary/aromatic N) is 3. The third-order valence-electron chi connectivity index (χ3n) is 6.21. The van der Waals surface area contributed by atoms with E-state index in [9.17, 15) is 4.79 Å². The van der Waals surface area contributed by atoms with Gasteiger partial charge >= 0.3 is 5.97 Å². The van der Waals surface area contributed by atoms with Gasteiger partial charge in [-0.3, -0.25) is 14.4 Å². The summed E-state index contributed by atoms with van der Waals surface area (Å²) in [5, 5.41) is 17.2. The van der Waals surface area contributed by atoms with Crippen LogP contribution in [0.3, 0.4) is 0 Å². The summed E-state index contributed by atoms with van der Waals surface area (Å²) in [7, 11) is 0. The van der Waals surface area contributed by atoms with Crippen LogP contribution in [0.1, 0.15) is 31.0 Å². The number of fused-ring (bicyclic) bond motifs is 2. The van der Waals surface area contributed by atoms with E-state index in [0.717, 1.165) is 39.5 Å². The van der Waals surface area contributed by atoms with Gasteiger partial charge in [0.2, 0.25) is 0 Å². The van der Waals surface area contributed by atoms with Crippen molar-refractivity contribution >= 4 is 39.2 Å². The largest absolute Gasteiger partial charge is 0.489 e. The highest BCUT2D eigenvalue weighted by Gasteiger charge is 2.32. The van der Waals surface area contributed by atoms with Crippen molar-refractivity contribution in [3.8, 4) is 5.75 Å². The molecule has 5 rings (SSSR count). The highest BCUT2D eigenvalue weighted by molar-refractivity contribution is 6.34. The Morgan fingerprint density at radius 3 is 2.58 bits per heavy atom. The number of halogens is 1. The first-order valence-corrected chi connectivity index (χ1v) is 11.5. The molecular formula is C26H26ClN3O3. The molecule has 1 saturated heterocycles. The van der Waals surface area contributed by atoms with Crippen molar-refractivity contribution in [3.05, 3.63) is 70.9 Å². The number of rotatable bonds is 7. The number of carbonyl (C=O) groups is 1. The number of carboxylic acids is 1. The van der Waals surface area contributed by atoms with Gasteiger partial charge in [0.1, 0.15) is 12.4 Å². The van der Waals surface area contributed by atoms with Gasteiger partial charge in [0.25, 0.3) is 0 Å². The summed E-state index contributed by atoms with van der Waals surface area (Å²) in [4.78, 5) is 13.1. The summed E-state index contributed by atoms with van der Waals surface area (Å²) < 4.78 is 8.00. The van der Waals surface area contributed by atoms with E-state index in [0.29, 0.717) is 24.8 Å². The molecule has 0 radical (unpaired) electrons. The normalized spacial score (nSPS) is 14.8. The van der Waals surface area contributed by atoms with Gasteiger partial charge in [-0.25, -0.2) is 0 Å². The first-order chi connectivity index (χ1) is 15.9. The fraction of sp³-hybridized carbons (Fsp3) is 0.308. The molecule has 1 aliphatic heterocycles. The molecule has 0 amide bonds.